The summed E-state index contributed by atoms with van der Waals surface area (Å²) >= 11 is 0. The van der Waals surface area contributed by atoms with E-state index in [-0.39, 0.29) is 12.2 Å². The van der Waals surface area contributed by atoms with Gasteiger partial charge in [0.1, 0.15) is 0 Å². The maximum Gasteiger partial charge on any atom is 0.0932 e. The first-order valence-electron chi connectivity index (χ1n) is 4.23. The van der Waals surface area contributed by atoms with Crippen LogP contribution in [0.15, 0.2) is 0 Å². The predicted octanol–water partition coefficient (Wildman–Crippen LogP) is 0.0512. The van der Waals surface area contributed by atoms with E-state index in [0.29, 0.717) is 19.4 Å². The molecule has 2 rings (SSSR count). The van der Waals surface area contributed by atoms with Gasteiger partial charge < -0.3 is 14.9 Å². The van der Waals surface area contributed by atoms with Crippen LogP contribution in [0.5, 0.6) is 0 Å². The maximum atomic E-state index is 9.89. The summed E-state index contributed by atoms with van der Waals surface area (Å²) < 4.78 is 5.32. The first-order valence-corrected chi connectivity index (χ1v) is 4.23. The Labute approximate surface area is 66.0 Å². The van der Waals surface area contributed by atoms with Crippen molar-refractivity contribution in [1.82, 2.24) is 0 Å². The summed E-state index contributed by atoms with van der Waals surface area (Å²) in [7, 11) is 0. The Morgan fingerprint density at radius 3 is 3.00 bits per heavy atom. The minimum absolute atomic E-state index is 0.105. The third-order valence-corrected chi connectivity index (χ3v) is 2.85. The topological polar surface area (TPSA) is 49.7 Å². The van der Waals surface area contributed by atoms with Gasteiger partial charge in [-0.25, -0.2) is 0 Å². The average molecular weight is 158 g/mol. The van der Waals surface area contributed by atoms with E-state index in [2.05, 4.69) is 0 Å². The Bertz CT molecular complexity index is 159. The van der Waals surface area contributed by atoms with E-state index in [1.54, 1.807) is 0 Å². The van der Waals surface area contributed by atoms with Crippen molar-refractivity contribution < 1.29 is 14.9 Å². The van der Waals surface area contributed by atoms with Gasteiger partial charge in [0.05, 0.1) is 17.8 Å². The lowest BCUT2D eigenvalue weighted by Gasteiger charge is -2.35. The fourth-order valence-corrected chi connectivity index (χ4v) is 2.05. The van der Waals surface area contributed by atoms with Crippen LogP contribution in [0.3, 0.4) is 0 Å². The molecule has 0 amide bonds. The molecule has 0 unspecified atom stereocenters. The van der Waals surface area contributed by atoms with E-state index in [9.17, 15) is 10.2 Å². The van der Waals surface area contributed by atoms with Crippen LogP contribution in [0, 0.1) is 0 Å². The largest absolute Gasteiger partial charge is 0.393 e. The molecule has 1 aliphatic carbocycles. The van der Waals surface area contributed by atoms with Gasteiger partial charge in [-0.2, -0.15) is 0 Å². The molecule has 11 heavy (non-hydrogen) atoms. The van der Waals surface area contributed by atoms with Gasteiger partial charge in [0.2, 0.25) is 0 Å². The van der Waals surface area contributed by atoms with E-state index in [1.165, 1.54) is 0 Å². The van der Waals surface area contributed by atoms with Crippen molar-refractivity contribution >= 4 is 0 Å². The monoisotopic (exact) mass is 158 g/mol. The molecule has 1 saturated heterocycles. The zero-order chi connectivity index (χ0) is 7.90. The first kappa shape index (κ1) is 7.53. The normalized spacial score (nSPS) is 50.7. The second kappa shape index (κ2) is 2.44. The highest BCUT2D eigenvalue weighted by molar-refractivity contribution is 4.97. The molecule has 0 bridgehead atoms. The third kappa shape index (κ3) is 1.17. The Hall–Kier alpha value is -0.120. The second-order valence-electron chi connectivity index (χ2n) is 3.64. The second-order valence-corrected chi connectivity index (χ2v) is 3.64. The van der Waals surface area contributed by atoms with Crippen molar-refractivity contribution in [1.29, 1.82) is 0 Å². The van der Waals surface area contributed by atoms with Gasteiger partial charge in [0, 0.05) is 19.4 Å². The van der Waals surface area contributed by atoms with Crippen LogP contribution in [0.2, 0.25) is 0 Å². The molecule has 3 nitrogen and oxygen atoms in total. The first-order chi connectivity index (χ1) is 5.21. The Morgan fingerprint density at radius 1 is 1.36 bits per heavy atom. The van der Waals surface area contributed by atoms with Crippen molar-refractivity contribution in [2.75, 3.05) is 6.61 Å². The summed E-state index contributed by atoms with van der Waals surface area (Å²) in [5, 5.41) is 19.2. The van der Waals surface area contributed by atoms with Gasteiger partial charge in [-0.1, -0.05) is 0 Å². The zero-order valence-electron chi connectivity index (χ0n) is 6.49. The van der Waals surface area contributed by atoms with E-state index in [0.717, 1.165) is 12.8 Å². The summed E-state index contributed by atoms with van der Waals surface area (Å²) in [6.07, 6.45) is 2.39. The maximum absolute atomic E-state index is 9.89. The number of rotatable bonds is 0. The number of hydrogen-bond donors (Lipinski definition) is 2. The van der Waals surface area contributed by atoms with Crippen LogP contribution in [0.25, 0.3) is 0 Å². The SMILES string of the molecule is O[C@@H]1CC[C@]2(O)CCO[C@@H]2C1. The highest BCUT2D eigenvalue weighted by Crippen LogP contribution is 2.37. The molecular weight excluding hydrogens is 144 g/mol. The Balaban J connectivity index is 2.08. The quantitative estimate of drug-likeness (QED) is 0.523. The van der Waals surface area contributed by atoms with E-state index < -0.39 is 5.60 Å². The summed E-state index contributed by atoms with van der Waals surface area (Å²) in [4.78, 5) is 0. The molecular formula is C8H14O3. The minimum Gasteiger partial charge on any atom is -0.393 e. The van der Waals surface area contributed by atoms with Crippen LogP contribution in [-0.2, 0) is 4.74 Å². The van der Waals surface area contributed by atoms with Crippen LogP contribution in [0.4, 0.5) is 0 Å². The number of ether oxygens (including phenoxy) is 1. The highest BCUT2D eigenvalue weighted by Gasteiger charge is 2.46. The van der Waals surface area contributed by atoms with Crippen LogP contribution >= 0.6 is 0 Å². The molecule has 1 saturated carbocycles. The van der Waals surface area contributed by atoms with Crippen LogP contribution in [0.1, 0.15) is 25.7 Å². The molecule has 0 aromatic rings. The van der Waals surface area contributed by atoms with Gasteiger partial charge in [-0.05, 0) is 12.8 Å². The van der Waals surface area contributed by atoms with Crippen LogP contribution < -0.4 is 0 Å². The molecule has 0 spiro atoms. The van der Waals surface area contributed by atoms with Crippen LogP contribution in [-0.4, -0.2) is 34.6 Å². The lowest BCUT2D eigenvalue weighted by Crippen LogP contribution is -2.44. The molecule has 1 aliphatic heterocycles. The van der Waals surface area contributed by atoms with Crippen molar-refractivity contribution in [2.24, 2.45) is 0 Å². The fraction of sp³-hybridized carbons (Fsp3) is 1.00. The van der Waals surface area contributed by atoms with Crippen molar-refractivity contribution in [3.05, 3.63) is 0 Å². The molecule has 2 N–H and O–H groups in total. The molecule has 0 aromatic heterocycles. The van der Waals surface area contributed by atoms with Gasteiger partial charge in [-0.15, -0.1) is 0 Å². The molecule has 3 heteroatoms. The smallest absolute Gasteiger partial charge is 0.0932 e. The number of fused-ring (bicyclic) bond motifs is 1. The average Bonchev–Trinajstić information content (AvgIpc) is 2.31. The Kier molecular flexibility index (Phi) is 1.67. The molecule has 0 aromatic carbocycles. The standard InChI is InChI=1S/C8H14O3/c9-6-1-2-8(10)3-4-11-7(8)5-6/h6-7,9-10H,1-5H2/t6-,7-,8+/m1/s1. The molecule has 0 radical (unpaired) electrons. The summed E-state index contributed by atoms with van der Waals surface area (Å²) in [5.41, 5.74) is -0.612. The van der Waals surface area contributed by atoms with E-state index >= 15 is 0 Å². The van der Waals surface area contributed by atoms with Crippen molar-refractivity contribution in [3.63, 3.8) is 0 Å². The third-order valence-electron chi connectivity index (χ3n) is 2.85. The predicted molar refractivity (Wildman–Crippen MR) is 39.2 cm³/mol. The van der Waals surface area contributed by atoms with Gasteiger partial charge >= 0.3 is 0 Å². The number of hydrogen-bond acceptors (Lipinski definition) is 3. The molecule has 3 atom stereocenters. The van der Waals surface area contributed by atoms with Gasteiger partial charge in [-0.3, -0.25) is 0 Å². The van der Waals surface area contributed by atoms with Gasteiger partial charge in [0.25, 0.3) is 0 Å². The summed E-state index contributed by atoms with van der Waals surface area (Å²) in [6.45, 7) is 0.647. The van der Waals surface area contributed by atoms with E-state index in [4.69, 9.17) is 4.74 Å². The molecule has 1 heterocycles. The fourth-order valence-electron chi connectivity index (χ4n) is 2.05. The minimum atomic E-state index is -0.612. The zero-order valence-corrected chi connectivity index (χ0v) is 6.49. The lowest BCUT2D eigenvalue weighted by molar-refractivity contribution is -0.0935. The summed E-state index contributed by atoms with van der Waals surface area (Å²) in [6, 6.07) is 0. The number of aliphatic hydroxyl groups is 2. The van der Waals surface area contributed by atoms with Crippen molar-refractivity contribution in [3.8, 4) is 0 Å². The van der Waals surface area contributed by atoms with Gasteiger partial charge in [0.15, 0.2) is 0 Å². The summed E-state index contributed by atoms with van der Waals surface area (Å²) in [5.74, 6) is 0. The lowest BCUT2D eigenvalue weighted by atomic mass is 9.80. The molecule has 2 fully saturated rings. The Morgan fingerprint density at radius 2 is 2.18 bits per heavy atom. The van der Waals surface area contributed by atoms with Crippen molar-refractivity contribution in [2.45, 2.75) is 43.5 Å². The number of aliphatic hydroxyl groups excluding tert-OH is 1. The van der Waals surface area contributed by atoms with E-state index in [1.807, 2.05) is 0 Å². The molecule has 64 valence electrons. The highest BCUT2D eigenvalue weighted by atomic mass is 16.5. The molecule has 2 aliphatic rings.